The van der Waals surface area contributed by atoms with Gasteiger partial charge in [-0.3, -0.25) is 14.6 Å². The van der Waals surface area contributed by atoms with E-state index in [2.05, 4.69) is 10.3 Å². The van der Waals surface area contributed by atoms with Gasteiger partial charge >= 0.3 is 0 Å². The first-order valence-electron chi connectivity index (χ1n) is 9.16. The topological polar surface area (TPSA) is 71.5 Å². The van der Waals surface area contributed by atoms with Crippen molar-refractivity contribution in [1.82, 2.24) is 15.2 Å². The third kappa shape index (κ3) is 3.73. The third-order valence-corrected chi connectivity index (χ3v) is 4.86. The van der Waals surface area contributed by atoms with E-state index in [0.29, 0.717) is 6.54 Å². The fourth-order valence-corrected chi connectivity index (χ4v) is 3.46. The summed E-state index contributed by atoms with van der Waals surface area (Å²) in [6.07, 6.45) is 1.02. The van der Waals surface area contributed by atoms with E-state index in [-0.39, 0.29) is 18.4 Å². The quantitative estimate of drug-likeness (QED) is 0.760. The van der Waals surface area contributed by atoms with Gasteiger partial charge in [-0.15, -0.1) is 0 Å². The molecule has 0 radical (unpaired) electrons. The van der Waals surface area contributed by atoms with Crippen LogP contribution in [-0.2, 0) is 20.9 Å². The monoisotopic (exact) mass is 375 g/mol. The number of nitrogens with zero attached hydrogens (tertiary/aromatic N) is 2. The average molecular weight is 375 g/mol. The molecule has 4 rings (SSSR count). The van der Waals surface area contributed by atoms with Crippen LogP contribution in [-0.4, -0.2) is 41.5 Å². The second kappa shape index (κ2) is 7.78. The predicted molar refractivity (Wildman–Crippen MR) is 105 cm³/mol. The molecule has 0 spiro atoms. The molecule has 1 aliphatic heterocycles. The molecule has 6 heteroatoms. The molecule has 0 bridgehead atoms. The Morgan fingerprint density at radius 1 is 1.18 bits per heavy atom. The highest BCUT2D eigenvalue weighted by molar-refractivity contribution is 5.86. The number of carbonyl (C=O) groups excluding carboxylic acids is 2. The van der Waals surface area contributed by atoms with E-state index in [1.54, 1.807) is 18.1 Å². The van der Waals surface area contributed by atoms with E-state index in [0.717, 1.165) is 22.0 Å². The van der Waals surface area contributed by atoms with Crippen LogP contribution in [0.1, 0.15) is 17.2 Å². The average Bonchev–Trinajstić information content (AvgIpc) is 2.73. The van der Waals surface area contributed by atoms with Gasteiger partial charge < -0.3 is 15.0 Å². The van der Waals surface area contributed by atoms with E-state index in [1.165, 1.54) is 0 Å². The van der Waals surface area contributed by atoms with Gasteiger partial charge in [-0.25, -0.2) is 0 Å². The first kappa shape index (κ1) is 18.1. The number of carbonyl (C=O) groups is 2. The molecule has 2 heterocycles. The minimum atomic E-state index is -0.765. The lowest BCUT2D eigenvalue weighted by atomic mass is 9.99. The van der Waals surface area contributed by atoms with Gasteiger partial charge in [0.15, 0.2) is 6.10 Å². The van der Waals surface area contributed by atoms with Crippen LogP contribution in [0.4, 0.5) is 0 Å². The van der Waals surface area contributed by atoms with Crippen LogP contribution >= 0.6 is 0 Å². The van der Waals surface area contributed by atoms with Gasteiger partial charge in [-0.2, -0.15) is 0 Å². The summed E-state index contributed by atoms with van der Waals surface area (Å²) in [5, 5.41) is 3.91. The molecule has 1 aliphatic rings. The largest absolute Gasteiger partial charge is 0.356 e. The zero-order valence-corrected chi connectivity index (χ0v) is 15.5. The first-order valence-corrected chi connectivity index (χ1v) is 9.16. The minimum absolute atomic E-state index is 0.120. The van der Waals surface area contributed by atoms with E-state index in [9.17, 15) is 9.59 Å². The lowest BCUT2D eigenvalue weighted by Crippen LogP contribution is -2.52. The number of rotatable bonds is 4. The highest BCUT2D eigenvalue weighted by atomic mass is 16.5. The van der Waals surface area contributed by atoms with Gasteiger partial charge in [0.1, 0.15) is 6.61 Å². The number of morpholine rings is 1. The van der Waals surface area contributed by atoms with Gasteiger partial charge in [-0.1, -0.05) is 48.5 Å². The Morgan fingerprint density at radius 3 is 2.75 bits per heavy atom. The number of benzene rings is 2. The molecule has 28 heavy (non-hydrogen) atoms. The Labute approximate surface area is 163 Å². The third-order valence-electron chi connectivity index (χ3n) is 4.86. The van der Waals surface area contributed by atoms with Crippen LogP contribution in [0, 0.1) is 0 Å². The number of likely N-dealkylation sites (N-methyl/N-ethyl adjacent to an activating group) is 1. The lowest BCUT2D eigenvalue weighted by Gasteiger charge is -2.34. The summed E-state index contributed by atoms with van der Waals surface area (Å²) in [6, 6.07) is 18.8. The van der Waals surface area contributed by atoms with Crippen LogP contribution in [0.25, 0.3) is 10.9 Å². The van der Waals surface area contributed by atoms with Crippen molar-refractivity contribution in [2.75, 3.05) is 13.7 Å². The van der Waals surface area contributed by atoms with Gasteiger partial charge in [0.25, 0.3) is 5.91 Å². The number of aromatic nitrogens is 1. The van der Waals surface area contributed by atoms with Gasteiger partial charge in [0, 0.05) is 25.2 Å². The molecule has 142 valence electrons. The van der Waals surface area contributed by atoms with Gasteiger partial charge in [-0.05, 0) is 23.3 Å². The number of amides is 2. The maximum Gasteiger partial charge on any atom is 0.254 e. The Kier molecular flexibility index (Phi) is 5.04. The molecule has 6 nitrogen and oxygen atoms in total. The Balaban J connectivity index is 1.53. The standard InChI is InChI=1S/C22H21N3O3/c1-25(13-15-11-17-9-5-6-10-18(17)23-12-15)22(27)21-20(24-19(26)14-28-21)16-7-3-2-4-8-16/h2-12,20-21H,13-14H2,1H3,(H,24,26)/t20-,21+/m1/s1. The summed E-state index contributed by atoms with van der Waals surface area (Å²) in [7, 11) is 1.74. The van der Waals surface area contributed by atoms with Crippen molar-refractivity contribution in [1.29, 1.82) is 0 Å². The highest BCUT2D eigenvalue weighted by Gasteiger charge is 2.37. The van der Waals surface area contributed by atoms with Crippen molar-refractivity contribution in [3.63, 3.8) is 0 Å². The zero-order chi connectivity index (χ0) is 19.5. The maximum atomic E-state index is 13.1. The second-order valence-corrected chi connectivity index (χ2v) is 6.92. The molecule has 2 amide bonds. The SMILES string of the molecule is CN(Cc1cnc2ccccc2c1)C(=O)[C@H]1OCC(=O)N[C@@H]1c1ccccc1. The Bertz CT molecular complexity index is 1010. The number of ether oxygens (including phenoxy) is 1. The molecule has 0 aliphatic carbocycles. The van der Waals surface area contributed by atoms with E-state index in [4.69, 9.17) is 4.74 Å². The van der Waals surface area contributed by atoms with Crippen molar-refractivity contribution in [2.45, 2.75) is 18.7 Å². The molecule has 1 saturated heterocycles. The minimum Gasteiger partial charge on any atom is -0.356 e. The van der Waals surface area contributed by atoms with Crippen LogP contribution in [0.5, 0.6) is 0 Å². The van der Waals surface area contributed by atoms with Crippen molar-refractivity contribution in [2.24, 2.45) is 0 Å². The summed E-state index contributed by atoms with van der Waals surface area (Å²) in [5.74, 6) is -0.402. The molecule has 1 aromatic heterocycles. The van der Waals surface area contributed by atoms with Crippen LogP contribution in [0.15, 0.2) is 66.9 Å². The fraction of sp³-hybridized carbons (Fsp3) is 0.227. The Hall–Kier alpha value is -3.25. The molecular weight excluding hydrogens is 354 g/mol. The number of hydrogen-bond donors (Lipinski definition) is 1. The molecular formula is C22H21N3O3. The van der Waals surface area contributed by atoms with Crippen LogP contribution in [0.3, 0.4) is 0 Å². The summed E-state index contributed by atoms with van der Waals surface area (Å²) in [5.41, 5.74) is 2.70. The van der Waals surface area contributed by atoms with E-state index < -0.39 is 12.1 Å². The van der Waals surface area contributed by atoms with Crippen molar-refractivity contribution < 1.29 is 14.3 Å². The zero-order valence-electron chi connectivity index (χ0n) is 15.5. The summed E-state index contributed by atoms with van der Waals surface area (Å²) < 4.78 is 5.63. The summed E-state index contributed by atoms with van der Waals surface area (Å²) in [4.78, 5) is 31.0. The molecule has 1 N–H and O–H groups in total. The summed E-state index contributed by atoms with van der Waals surface area (Å²) >= 11 is 0. The lowest BCUT2D eigenvalue weighted by molar-refractivity contribution is -0.154. The summed E-state index contributed by atoms with van der Waals surface area (Å²) in [6.45, 7) is 0.289. The molecule has 3 aromatic rings. The molecule has 2 atom stereocenters. The van der Waals surface area contributed by atoms with Crippen molar-refractivity contribution in [3.8, 4) is 0 Å². The van der Waals surface area contributed by atoms with Crippen molar-refractivity contribution in [3.05, 3.63) is 78.0 Å². The maximum absolute atomic E-state index is 13.1. The normalized spacial score (nSPS) is 19.2. The Morgan fingerprint density at radius 2 is 1.93 bits per heavy atom. The highest BCUT2D eigenvalue weighted by Crippen LogP contribution is 2.24. The predicted octanol–water partition coefficient (Wildman–Crippen LogP) is 2.45. The number of nitrogens with one attached hydrogen (secondary N) is 1. The number of pyridine rings is 1. The number of fused-ring (bicyclic) bond motifs is 1. The molecule has 2 aromatic carbocycles. The molecule has 0 unspecified atom stereocenters. The number of para-hydroxylation sites is 1. The number of hydrogen-bond acceptors (Lipinski definition) is 4. The van der Waals surface area contributed by atoms with Crippen molar-refractivity contribution >= 4 is 22.7 Å². The van der Waals surface area contributed by atoms with Gasteiger partial charge in [0.05, 0.1) is 11.6 Å². The fourth-order valence-electron chi connectivity index (χ4n) is 3.46. The van der Waals surface area contributed by atoms with E-state index >= 15 is 0 Å². The molecule has 0 saturated carbocycles. The second-order valence-electron chi connectivity index (χ2n) is 6.92. The van der Waals surface area contributed by atoms with Crippen LogP contribution < -0.4 is 5.32 Å². The smallest absolute Gasteiger partial charge is 0.254 e. The molecule has 1 fully saturated rings. The first-order chi connectivity index (χ1) is 13.6. The van der Waals surface area contributed by atoms with Crippen LogP contribution in [0.2, 0.25) is 0 Å². The van der Waals surface area contributed by atoms with E-state index in [1.807, 2.05) is 60.7 Å². The van der Waals surface area contributed by atoms with Gasteiger partial charge in [0.2, 0.25) is 5.91 Å².